The Morgan fingerprint density at radius 3 is 2.83 bits per heavy atom. The van der Waals surface area contributed by atoms with Crippen molar-refractivity contribution in [1.82, 2.24) is 10.9 Å². The van der Waals surface area contributed by atoms with E-state index >= 15 is 0 Å². The number of hydrogen-bond acceptors (Lipinski definition) is 7. The number of methoxy groups -OCH3 is 1. The summed E-state index contributed by atoms with van der Waals surface area (Å²) in [5, 5.41) is 19.7. The van der Waals surface area contributed by atoms with Gasteiger partial charge in [0.15, 0.2) is 17.7 Å². The average Bonchev–Trinajstić information content (AvgIpc) is 2.96. The highest BCUT2D eigenvalue weighted by atomic mass is 16.5. The topological polar surface area (TPSA) is 113 Å². The third kappa shape index (κ3) is 2.64. The number of rotatable bonds is 4. The second kappa shape index (κ2) is 6.59. The molecule has 0 aromatic heterocycles. The predicted octanol–water partition coefficient (Wildman–Crippen LogP) is 1.43. The number of ether oxygens (including phenoxy) is 2. The lowest BCUT2D eigenvalue weighted by Crippen LogP contribution is -2.41. The summed E-state index contributed by atoms with van der Waals surface area (Å²) in [4.78, 5) is 0. The summed E-state index contributed by atoms with van der Waals surface area (Å²) in [5.41, 5.74) is 13.6. The molecule has 1 fully saturated rings. The molecule has 7 nitrogen and oxygen atoms in total. The highest BCUT2D eigenvalue weighted by Gasteiger charge is 2.48. The zero-order chi connectivity index (χ0) is 17.3. The molecule has 3 rings (SSSR count). The minimum absolute atomic E-state index is 0.000283. The van der Waals surface area contributed by atoms with E-state index in [-0.39, 0.29) is 35.7 Å². The van der Waals surface area contributed by atoms with E-state index < -0.39 is 0 Å². The van der Waals surface area contributed by atoms with E-state index in [1.807, 2.05) is 6.07 Å². The molecule has 5 N–H and O–H groups in total. The Hall–Kier alpha value is -2.43. The predicted molar refractivity (Wildman–Crippen MR) is 87.6 cm³/mol. The number of hydrazine groups is 1. The van der Waals surface area contributed by atoms with E-state index in [1.54, 1.807) is 12.1 Å². The first-order valence-corrected chi connectivity index (χ1v) is 8.05. The zero-order valence-corrected chi connectivity index (χ0v) is 13.7. The van der Waals surface area contributed by atoms with E-state index in [1.165, 1.54) is 7.11 Å². The minimum Gasteiger partial charge on any atom is -0.504 e. The van der Waals surface area contributed by atoms with Gasteiger partial charge in [-0.3, -0.25) is 5.43 Å². The number of nitriles is 1. The van der Waals surface area contributed by atoms with E-state index in [0.29, 0.717) is 11.3 Å². The van der Waals surface area contributed by atoms with Gasteiger partial charge < -0.3 is 20.3 Å². The molecule has 7 heteroatoms. The monoisotopic (exact) mass is 330 g/mol. The van der Waals surface area contributed by atoms with Crippen molar-refractivity contribution < 1.29 is 14.6 Å². The molecule has 4 unspecified atom stereocenters. The number of nitrogens with one attached hydrogen (secondary N) is 2. The summed E-state index contributed by atoms with van der Waals surface area (Å²) >= 11 is 0. The summed E-state index contributed by atoms with van der Waals surface area (Å²) in [6.07, 6.45) is 1.63. The van der Waals surface area contributed by atoms with Crippen molar-refractivity contribution in [3.63, 3.8) is 0 Å². The summed E-state index contributed by atoms with van der Waals surface area (Å²) in [7, 11) is 1.50. The Morgan fingerprint density at radius 1 is 1.42 bits per heavy atom. The van der Waals surface area contributed by atoms with Crippen molar-refractivity contribution in [3.05, 3.63) is 35.2 Å². The van der Waals surface area contributed by atoms with Crippen molar-refractivity contribution in [1.29, 1.82) is 5.26 Å². The third-order valence-corrected chi connectivity index (χ3v) is 4.72. The lowest BCUT2D eigenvalue weighted by atomic mass is 9.74. The molecule has 24 heavy (non-hydrogen) atoms. The normalized spacial score (nSPS) is 28.9. The largest absolute Gasteiger partial charge is 0.504 e. The van der Waals surface area contributed by atoms with Gasteiger partial charge in [0.1, 0.15) is 6.07 Å². The number of hydrogen-bond donors (Lipinski definition) is 4. The first kappa shape index (κ1) is 16.4. The van der Waals surface area contributed by atoms with Crippen LogP contribution in [0, 0.1) is 17.2 Å². The zero-order valence-electron chi connectivity index (χ0n) is 13.7. The van der Waals surface area contributed by atoms with E-state index in [0.717, 1.165) is 18.4 Å². The molecule has 2 aliphatic rings. The van der Waals surface area contributed by atoms with Gasteiger partial charge in [-0.25, -0.2) is 5.43 Å². The van der Waals surface area contributed by atoms with Gasteiger partial charge in [-0.1, -0.05) is 19.4 Å². The van der Waals surface area contributed by atoms with Crippen LogP contribution < -0.4 is 21.3 Å². The molecule has 0 radical (unpaired) electrons. The maximum Gasteiger partial charge on any atom is 0.200 e. The van der Waals surface area contributed by atoms with Crippen LogP contribution in [-0.2, 0) is 4.74 Å². The standard InChI is InChI=1S/C17H22N4O3/c1-3-4-11-15-14(9-5-6-13(23-2)12(22)7-9)10(8-18)16(19)24-17(15)21-20-11/h5-7,11,14-15,17,20-22H,3-4,19H2,1-2H3. The van der Waals surface area contributed by atoms with Crippen LogP contribution in [0.25, 0.3) is 0 Å². The number of phenolic OH excluding ortho intramolecular Hbond substituents is 1. The molecule has 0 aliphatic carbocycles. The summed E-state index contributed by atoms with van der Waals surface area (Å²) in [6, 6.07) is 7.53. The van der Waals surface area contributed by atoms with Gasteiger partial charge in [0.05, 0.1) is 12.7 Å². The molecule has 1 aromatic carbocycles. The van der Waals surface area contributed by atoms with Crippen molar-refractivity contribution in [2.45, 2.75) is 38.0 Å². The van der Waals surface area contributed by atoms with Gasteiger partial charge in [0, 0.05) is 17.9 Å². The van der Waals surface area contributed by atoms with Gasteiger partial charge in [0.25, 0.3) is 0 Å². The number of allylic oxidation sites excluding steroid dienone is 1. The Morgan fingerprint density at radius 2 is 2.21 bits per heavy atom. The average molecular weight is 330 g/mol. The highest BCUT2D eigenvalue weighted by molar-refractivity contribution is 5.48. The molecule has 2 heterocycles. The quantitative estimate of drug-likeness (QED) is 0.660. The first-order valence-electron chi connectivity index (χ1n) is 8.05. The molecular formula is C17H22N4O3. The van der Waals surface area contributed by atoms with Crippen LogP contribution >= 0.6 is 0 Å². The Bertz CT molecular complexity index is 698. The van der Waals surface area contributed by atoms with E-state index in [9.17, 15) is 10.4 Å². The Balaban J connectivity index is 2.07. The molecule has 1 saturated heterocycles. The maximum atomic E-state index is 10.1. The van der Waals surface area contributed by atoms with Crippen molar-refractivity contribution >= 4 is 0 Å². The van der Waals surface area contributed by atoms with Gasteiger partial charge in [0.2, 0.25) is 5.88 Å². The number of phenols is 1. The van der Waals surface area contributed by atoms with Crippen LogP contribution in [0.2, 0.25) is 0 Å². The lowest BCUT2D eigenvalue weighted by molar-refractivity contribution is 0.0336. The highest BCUT2D eigenvalue weighted by Crippen LogP contribution is 2.45. The summed E-state index contributed by atoms with van der Waals surface area (Å²) in [5.74, 6) is 0.306. The smallest absolute Gasteiger partial charge is 0.200 e. The van der Waals surface area contributed by atoms with E-state index in [2.05, 4.69) is 23.8 Å². The Labute approximate surface area is 141 Å². The second-order valence-electron chi connectivity index (χ2n) is 6.10. The van der Waals surface area contributed by atoms with Crippen LogP contribution in [0.3, 0.4) is 0 Å². The fraction of sp³-hybridized carbons (Fsp3) is 0.471. The van der Waals surface area contributed by atoms with E-state index in [4.69, 9.17) is 15.2 Å². The number of fused-ring (bicyclic) bond motifs is 1. The van der Waals surface area contributed by atoms with Gasteiger partial charge >= 0.3 is 0 Å². The first-order chi connectivity index (χ1) is 11.6. The SMILES string of the molecule is CCCC1NNC2OC(N)=C(C#N)C(c3ccc(OC)c(O)c3)C12. The Kier molecular flexibility index (Phi) is 4.51. The van der Waals surface area contributed by atoms with Crippen LogP contribution in [0.5, 0.6) is 11.5 Å². The van der Waals surface area contributed by atoms with Gasteiger partial charge in [-0.15, -0.1) is 0 Å². The van der Waals surface area contributed by atoms with Crippen molar-refractivity contribution in [2.75, 3.05) is 7.11 Å². The van der Waals surface area contributed by atoms with Crippen LogP contribution in [-0.4, -0.2) is 24.5 Å². The van der Waals surface area contributed by atoms with Crippen molar-refractivity contribution in [2.24, 2.45) is 11.7 Å². The van der Waals surface area contributed by atoms with Gasteiger partial charge in [-0.2, -0.15) is 5.26 Å². The number of nitrogens with zero attached hydrogens (tertiary/aromatic N) is 1. The number of nitrogens with two attached hydrogens (primary N) is 1. The molecule has 0 spiro atoms. The fourth-order valence-corrected chi connectivity index (χ4v) is 3.64. The fourth-order valence-electron chi connectivity index (χ4n) is 3.64. The van der Waals surface area contributed by atoms with Crippen LogP contribution in [0.4, 0.5) is 0 Å². The third-order valence-electron chi connectivity index (χ3n) is 4.72. The number of benzene rings is 1. The lowest BCUT2D eigenvalue weighted by Gasteiger charge is -2.35. The van der Waals surface area contributed by atoms with Crippen molar-refractivity contribution in [3.8, 4) is 17.6 Å². The minimum atomic E-state index is -0.312. The molecule has 0 saturated carbocycles. The second-order valence-corrected chi connectivity index (χ2v) is 6.10. The molecular weight excluding hydrogens is 308 g/mol. The molecule has 0 amide bonds. The summed E-state index contributed by atoms with van der Waals surface area (Å²) < 4.78 is 10.8. The molecule has 2 aliphatic heterocycles. The maximum absolute atomic E-state index is 10.1. The molecule has 4 atom stereocenters. The van der Waals surface area contributed by atoms with Crippen LogP contribution in [0.1, 0.15) is 31.2 Å². The van der Waals surface area contributed by atoms with Gasteiger partial charge in [-0.05, 0) is 24.1 Å². The summed E-state index contributed by atoms with van der Waals surface area (Å²) in [6.45, 7) is 2.11. The van der Waals surface area contributed by atoms with Crippen LogP contribution in [0.15, 0.2) is 29.7 Å². The molecule has 1 aromatic rings. The number of aromatic hydroxyl groups is 1. The molecule has 0 bridgehead atoms. The molecule has 128 valence electrons.